The lowest BCUT2D eigenvalue weighted by Crippen LogP contribution is -2.45. The van der Waals surface area contributed by atoms with Crippen LogP contribution in [0.4, 0.5) is 0 Å². The number of likely N-dealkylation sites (N-methyl/N-ethyl adjacent to an activating group) is 2. The Bertz CT molecular complexity index is 723. The van der Waals surface area contributed by atoms with Gasteiger partial charge in [0.25, 0.3) is 0 Å². The van der Waals surface area contributed by atoms with Gasteiger partial charge in [0.2, 0.25) is 5.91 Å². The van der Waals surface area contributed by atoms with E-state index in [-0.39, 0.29) is 47.9 Å². The number of amides is 1. The molecule has 0 aliphatic carbocycles. The van der Waals surface area contributed by atoms with Crippen LogP contribution < -0.4 is 5.32 Å². The fraction of sp³-hybridized carbons (Fsp3) is 0.600. The van der Waals surface area contributed by atoms with Gasteiger partial charge in [-0.05, 0) is 32.8 Å². The molecule has 0 heterocycles. The minimum atomic E-state index is -3.17. The van der Waals surface area contributed by atoms with E-state index in [2.05, 4.69) is 10.3 Å². The van der Waals surface area contributed by atoms with E-state index >= 15 is 0 Å². The van der Waals surface area contributed by atoms with E-state index in [0.717, 1.165) is 5.56 Å². The second kappa shape index (κ2) is 14.6. The van der Waals surface area contributed by atoms with Crippen LogP contribution in [-0.4, -0.2) is 75.6 Å². The average molecular weight is 538 g/mol. The Hall–Kier alpha value is -1.36. The lowest BCUT2D eigenvalue weighted by Gasteiger charge is -2.25. The minimum Gasteiger partial charge on any atom is -0.357 e. The zero-order valence-electron chi connectivity index (χ0n) is 17.9. The normalized spacial score (nSPS) is 11.5. The molecule has 0 atom stereocenters. The van der Waals surface area contributed by atoms with Crippen molar-refractivity contribution in [3.8, 4) is 0 Å². The van der Waals surface area contributed by atoms with Gasteiger partial charge in [-0.1, -0.05) is 30.3 Å². The first-order valence-corrected chi connectivity index (χ1v) is 11.7. The maximum absolute atomic E-state index is 12.3. The number of nitrogens with zero attached hydrogens (tertiary/aromatic N) is 3. The second-order valence-corrected chi connectivity index (χ2v) is 8.77. The molecule has 0 aromatic heterocycles. The number of carbonyl (C=O) groups is 1. The number of halogens is 1. The molecule has 29 heavy (non-hydrogen) atoms. The number of guanidine groups is 1. The fourth-order valence-electron chi connectivity index (χ4n) is 2.79. The van der Waals surface area contributed by atoms with Crippen molar-refractivity contribution in [1.29, 1.82) is 0 Å². The number of aliphatic imine (C=N–C) groups is 1. The van der Waals surface area contributed by atoms with Gasteiger partial charge in [-0.25, -0.2) is 8.42 Å². The summed E-state index contributed by atoms with van der Waals surface area (Å²) in [5.74, 6) is 0.801. The number of rotatable bonds is 11. The summed E-state index contributed by atoms with van der Waals surface area (Å²) in [5.41, 5.74) is 0.800. The summed E-state index contributed by atoms with van der Waals surface area (Å²) in [5, 5.41) is 3.16. The molecule has 166 valence electrons. The first kappa shape index (κ1) is 27.6. The zero-order valence-corrected chi connectivity index (χ0v) is 21.1. The molecular formula is C20H35IN4O3S. The molecule has 1 amide bonds. The molecule has 0 aliphatic heterocycles. The Morgan fingerprint density at radius 1 is 1.10 bits per heavy atom. The standard InChI is InChI=1S/C20H34N4O3S.HI/c1-5-21-20(23(4)16-19(25)24(6-2)7-3)22-14-11-15-28(26,27)17-18-12-9-8-10-13-18;/h8-10,12-13H,5-7,11,14-17H2,1-4H3,(H,21,22);1H. The largest absolute Gasteiger partial charge is 0.357 e. The molecule has 9 heteroatoms. The topological polar surface area (TPSA) is 82.1 Å². The summed E-state index contributed by atoms with van der Waals surface area (Å²) in [6, 6.07) is 9.19. The van der Waals surface area contributed by atoms with E-state index in [1.807, 2.05) is 58.2 Å². The van der Waals surface area contributed by atoms with E-state index in [4.69, 9.17) is 0 Å². The van der Waals surface area contributed by atoms with Crippen molar-refractivity contribution in [3.63, 3.8) is 0 Å². The fourth-order valence-corrected chi connectivity index (χ4v) is 4.21. The molecule has 0 bridgehead atoms. The van der Waals surface area contributed by atoms with Gasteiger partial charge in [0.1, 0.15) is 0 Å². The van der Waals surface area contributed by atoms with Gasteiger partial charge in [-0.15, -0.1) is 24.0 Å². The summed E-state index contributed by atoms with van der Waals surface area (Å²) < 4.78 is 24.5. The van der Waals surface area contributed by atoms with Gasteiger partial charge in [-0.2, -0.15) is 0 Å². The third-order valence-corrected chi connectivity index (χ3v) is 5.97. The third-order valence-electron chi connectivity index (χ3n) is 4.29. The summed E-state index contributed by atoms with van der Waals surface area (Å²) in [7, 11) is -1.35. The molecule has 0 saturated heterocycles. The van der Waals surface area contributed by atoms with Gasteiger partial charge in [-0.3, -0.25) is 9.79 Å². The van der Waals surface area contributed by atoms with Gasteiger partial charge >= 0.3 is 0 Å². The molecular weight excluding hydrogens is 503 g/mol. The molecule has 0 fully saturated rings. The van der Waals surface area contributed by atoms with Crippen LogP contribution in [0.2, 0.25) is 0 Å². The van der Waals surface area contributed by atoms with Crippen molar-refractivity contribution in [3.05, 3.63) is 35.9 Å². The molecule has 0 spiro atoms. The summed E-state index contributed by atoms with van der Waals surface area (Å²) in [6.07, 6.45) is 0.446. The van der Waals surface area contributed by atoms with Gasteiger partial charge in [0.05, 0.1) is 18.1 Å². The molecule has 0 aliphatic rings. The number of hydrogen-bond donors (Lipinski definition) is 1. The van der Waals surface area contributed by atoms with Crippen molar-refractivity contribution in [2.45, 2.75) is 32.9 Å². The lowest BCUT2D eigenvalue weighted by atomic mass is 10.2. The predicted octanol–water partition coefficient (Wildman–Crippen LogP) is 2.38. The van der Waals surface area contributed by atoms with Crippen molar-refractivity contribution in [2.75, 3.05) is 45.5 Å². The highest BCUT2D eigenvalue weighted by molar-refractivity contribution is 14.0. The molecule has 1 aromatic rings. The highest BCUT2D eigenvalue weighted by atomic mass is 127. The number of benzene rings is 1. The number of nitrogens with one attached hydrogen (secondary N) is 1. The Labute approximate surface area is 192 Å². The zero-order chi connectivity index (χ0) is 21.0. The van der Waals surface area contributed by atoms with E-state index in [1.165, 1.54) is 0 Å². The van der Waals surface area contributed by atoms with Gasteiger partial charge < -0.3 is 15.1 Å². The van der Waals surface area contributed by atoms with Gasteiger partial charge in [0, 0.05) is 33.2 Å². The first-order chi connectivity index (χ1) is 13.3. The monoisotopic (exact) mass is 538 g/mol. The maximum atomic E-state index is 12.3. The summed E-state index contributed by atoms with van der Waals surface area (Å²) >= 11 is 0. The van der Waals surface area contributed by atoms with E-state index in [0.29, 0.717) is 38.6 Å². The molecule has 0 unspecified atom stereocenters. The predicted molar refractivity (Wildman–Crippen MR) is 131 cm³/mol. The highest BCUT2D eigenvalue weighted by Gasteiger charge is 2.15. The Morgan fingerprint density at radius 2 is 1.72 bits per heavy atom. The van der Waals surface area contributed by atoms with Crippen molar-refractivity contribution < 1.29 is 13.2 Å². The van der Waals surface area contributed by atoms with Crippen LogP contribution in [0.5, 0.6) is 0 Å². The van der Waals surface area contributed by atoms with Crippen LogP contribution in [0.25, 0.3) is 0 Å². The molecule has 7 nitrogen and oxygen atoms in total. The summed E-state index contributed by atoms with van der Waals surface area (Å²) in [4.78, 5) is 20.3. The molecule has 0 saturated carbocycles. The van der Waals surface area contributed by atoms with E-state index in [1.54, 1.807) is 9.80 Å². The van der Waals surface area contributed by atoms with E-state index < -0.39 is 9.84 Å². The van der Waals surface area contributed by atoms with Gasteiger partial charge in [0.15, 0.2) is 15.8 Å². The molecule has 1 aromatic carbocycles. The van der Waals surface area contributed by atoms with Crippen LogP contribution >= 0.6 is 24.0 Å². The Kier molecular flexibility index (Phi) is 13.9. The number of hydrogen-bond acceptors (Lipinski definition) is 4. The third kappa shape index (κ3) is 10.8. The Morgan fingerprint density at radius 3 is 2.28 bits per heavy atom. The first-order valence-electron chi connectivity index (χ1n) is 9.84. The molecule has 0 radical (unpaired) electrons. The van der Waals surface area contributed by atoms with Crippen molar-refractivity contribution in [1.82, 2.24) is 15.1 Å². The maximum Gasteiger partial charge on any atom is 0.242 e. The second-order valence-electron chi connectivity index (χ2n) is 6.59. The van der Waals surface area contributed by atoms with Crippen LogP contribution in [0.1, 0.15) is 32.8 Å². The molecule has 1 rings (SSSR count). The van der Waals surface area contributed by atoms with Crippen molar-refractivity contribution >= 4 is 45.7 Å². The SMILES string of the molecule is CCNC(=NCCCS(=O)(=O)Cc1ccccc1)N(C)CC(=O)N(CC)CC.I. The summed E-state index contributed by atoms with van der Waals surface area (Å²) in [6.45, 7) is 8.52. The van der Waals surface area contributed by atoms with Crippen LogP contribution in [-0.2, 0) is 20.4 Å². The molecule has 1 N–H and O–H groups in total. The average Bonchev–Trinajstić information content (AvgIpc) is 2.65. The quantitative estimate of drug-likeness (QED) is 0.203. The van der Waals surface area contributed by atoms with Crippen molar-refractivity contribution in [2.24, 2.45) is 4.99 Å². The highest BCUT2D eigenvalue weighted by Crippen LogP contribution is 2.07. The van der Waals surface area contributed by atoms with E-state index in [9.17, 15) is 13.2 Å². The smallest absolute Gasteiger partial charge is 0.242 e. The number of carbonyl (C=O) groups excluding carboxylic acids is 1. The number of sulfone groups is 1. The van der Waals surface area contributed by atoms with Crippen LogP contribution in [0.15, 0.2) is 35.3 Å². The van der Waals surface area contributed by atoms with Crippen LogP contribution in [0.3, 0.4) is 0 Å². The minimum absolute atomic E-state index is 0. The Balaban J connectivity index is 0.00000784. The van der Waals surface area contributed by atoms with Crippen LogP contribution in [0, 0.1) is 0 Å². The lowest BCUT2D eigenvalue weighted by molar-refractivity contribution is -0.131.